The third-order valence-corrected chi connectivity index (χ3v) is 2.60. The number of nitrogens with one attached hydrogen (secondary N) is 1. The van der Waals surface area contributed by atoms with Gasteiger partial charge < -0.3 is 14.8 Å². The predicted octanol–water partition coefficient (Wildman–Crippen LogP) is 2.76. The third kappa shape index (κ3) is 2.89. The Morgan fingerprint density at radius 1 is 1.25 bits per heavy atom. The summed E-state index contributed by atoms with van der Waals surface area (Å²) in [6.45, 7) is 5.29. The highest BCUT2D eigenvalue weighted by molar-refractivity contribution is 5.47. The molecule has 0 fully saturated rings. The van der Waals surface area contributed by atoms with Gasteiger partial charge in [0.1, 0.15) is 0 Å². The van der Waals surface area contributed by atoms with E-state index < -0.39 is 0 Å². The normalized spacial score (nSPS) is 12.2. The third-order valence-electron chi connectivity index (χ3n) is 2.60. The van der Waals surface area contributed by atoms with Crippen LogP contribution in [-0.4, -0.2) is 20.8 Å². The molecule has 1 unspecified atom stereocenters. The van der Waals surface area contributed by atoms with Crippen molar-refractivity contribution in [2.24, 2.45) is 0 Å². The minimum atomic E-state index is 0.269. The van der Waals surface area contributed by atoms with Gasteiger partial charge in [-0.05, 0) is 26.0 Å². The van der Waals surface area contributed by atoms with Crippen LogP contribution in [0.25, 0.3) is 0 Å². The number of ether oxygens (including phenoxy) is 2. The molecule has 1 aromatic carbocycles. The van der Waals surface area contributed by atoms with Gasteiger partial charge in [-0.1, -0.05) is 19.1 Å². The van der Waals surface area contributed by atoms with Crippen molar-refractivity contribution in [3.63, 3.8) is 0 Å². The van der Waals surface area contributed by atoms with Crippen molar-refractivity contribution in [2.45, 2.75) is 26.3 Å². The van der Waals surface area contributed by atoms with Gasteiger partial charge in [-0.2, -0.15) is 0 Å². The Kier molecular flexibility index (Phi) is 5.12. The molecule has 90 valence electrons. The van der Waals surface area contributed by atoms with Crippen LogP contribution in [0.1, 0.15) is 31.9 Å². The number of benzene rings is 1. The van der Waals surface area contributed by atoms with Gasteiger partial charge in [-0.15, -0.1) is 0 Å². The van der Waals surface area contributed by atoms with Crippen LogP contribution in [0.15, 0.2) is 18.2 Å². The maximum absolute atomic E-state index is 5.40. The summed E-state index contributed by atoms with van der Waals surface area (Å²) in [5.74, 6) is 1.60. The molecule has 0 saturated heterocycles. The topological polar surface area (TPSA) is 30.5 Å². The van der Waals surface area contributed by atoms with Gasteiger partial charge in [0, 0.05) is 11.6 Å². The number of rotatable bonds is 6. The lowest BCUT2D eigenvalue weighted by Crippen LogP contribution is -2.19. The second kappa shape index (κ2) is 6.38. The fourth-order valence-electron chi connectivity index (χ4n) is 1.72. The van der Waals surface area contributed by atoms with Gasteiger partial charge >= 0.3 is 0 Å². The SMILES string of the molecule is CCCNC(C)c1cccc(OC)c1OC. The maximum atomic E-state index is 5.40. The second-order valence-corrected chi connectivity index (χ2v) is 3.76. The molecule has 0 aromatic heterocycles. The van der Waals surface area contributed by atoms with Crippen LogP contribution in [0.3, 0.4) is 0 Å². The number of methoxy groups -OCH3 is 2. The van der Waals surface area contributed by atoms with E-state index in [0.29, 0.717) is 0 Å². The largest absolute Gasteiger partial charge is 0.493 e. The van der Waals surface area contributed by atoms with Crippen LogP contribution in [0.5, 0.6) is 11.5 Å². The molecule has 0 aliphatic heterocycles. The first-order chi connectivity index (χ1) is 7.74. The summed E-state index contributed by atoms with van der Waals surface area (Å²) in [6.07, 6.45) is 1.12. The molecule has 0 radical (unpaired) electrons. The molecule has 0 saturated carbocycles. The van der Waals surface area contributed by atoms with E-state index in [-0.39, 0.29) is 6.04 Å². The molecule has 3 heteroatoms. The Hall–Kier alpha value is -1.22. The monoisotopic (exact) mass is 223 g/mol. The number of para-hydroxylation sites is 1. The van der Waals surface area contributed by atoms with Crippen LogP contribution in [0.2, 0.25) is 0 Å². The molecule has 1 rings (SSSR count). The quantitative estimate of drug-likeness (QED) is 0.804. The van der Waals surface area contributed by atoms with E-state index in [0.717, 1.165) is 30.0 Å². The van der Waals surface area contributed by atoms with E-state index in [4.69, 9.17) is 9.47 Å². The lowest BCUT2D eigenvalue weighted by atomic mass is 10.1. The maximum Gasteiger partial charge on any atom is 0.165 e. The fraction of sp³-hybridized carbons (Fsp3) is 0.538. The summed E-state index contributed by atoms with van der Waals surface area (Å²) in [5, 5.41) is 3.44. The van der Waals surface area contributed by atoms with E-state index in [1.165, 1.54) is 0 Å². The number of hydrogen-bond acceptors (Lipinski definition) is 3. The molecule has 3 nitrogen and oxygen atoms in total. The zero-order valence-corrected chi connectivity index (χ0v) is 10.5. The van der Waals surface area contributed by atoms with Gasteiger partial charge in [0.15, 0.2) is 11.5 Å². The molecule has 0 amide bonds. The summed E-state index contributed by atoms with van der Waals surface area (Å²) in [6, 6.07) is 6.23. The lowest BCUT2D eigenvalue weighted by Gasteiger charge is -2.18. The van der Waals surface area contributed by atoms with Crippen molar-refractivity contribution in [3.05, 3.63) is 23.8 Å². The molecular weight excluding hydrogens is 202 g/mol. The van der Waals surface area contributed by atoms with Gasteiger partial charge in [0.05, 0.1) is 14.2 Å². The van der Waals surface area contributed by atoms with E-state index >= 15 is 0 Å². The molecule has 0 spiro atoms. The molecule has 0 aliphatic carbocycles. The molecule has 1 atom stereocenters. The minimum absolute atomic E-state index is 0.269. The van der Waals surface area contributed by atoms with Gasteiger partial charge in [-0.3, -0.25) is 0 Å². The van der Waals surface area contributed by atoms with E-state index in [1.54, 1.807) is 14.2 Å². The van der Waals surface area contributed by atoms with Crippen molar-refractivity contribution < 1.29 is 9.47 Å². The Balaban J connectivity index is 2.93. The molecule has 0 aliphatic rings. The molecule has 1 N–H and O–H groups in total. The Morgan fingerprint density at radius 2 is 2.00 bits per heavy atom. The van der Waals surface area contributed by atoms with E-state index in [9.17, 15) is 0 Å². The molecular formula is C13H21NO2. The average molecular weight is 223 g/mol. The molecule has 0 bridgehead atoms. The molecule has 1 aromatic rings. The predicted molar refractivity (Wildman–Crippen MR) is 66.3 cm³/mol. The first kappa shape index (κ1) is 12.8. The van der Waals surface area contributed by atoms with Crippen LogP contribution >= 0.6 is 0 Å². The second-order valence-electron chi connectivity index (χ2n) is 3.76. The Bertz CT molecular complexity index is 326. The fourth-order valence-corrected chi connectivity index (χ4v) is 1.72. The highest BCUT2D eigenvalue weighted by Crippen LogP contribution is 2.34. The highest BCUT2D eigenvalue weighted by Gasteiger charge is 2.14. The highest BCUT2D eigenvalue weighted by atomic mass is 16.5. The van der Waals surface area contributed by atoms with Gasteiger partial charge in [0.25, 0.3) is 0 Å². The summed E-state index contributed by atoms with van der Waals surface area (Å²) < 4.78 is 10.7. The first-order valence-electron chi connectivity index (χ1n) is 5.68. The van der Waals surface area contributed by atoms with Crippen LogP contribution < -0.4 is 14.8 Å². The van der Waals surface area contributed by atoms with Gasteiger partial charge in [0.2, 0.25) is 0 Å². The van der Waals surface area contributed by atoms with Crippen molar-refractivity contribution in [2.75, 3.05) is 20.8 Å². The molecule has 16 heavy (non-hydrogen) atoms. The Labute approximate surface area is 97.8 Å². The zero-order valence-electron chi connectivity index (χ0n) is 10.5. The Morgan fingerprint density at radius 3 is 2.56 bits per heavy atom. The molecule has 0 heterocycles. The van der Waals surface area contributed by atoms with Crippen LogP contribution in [0.4, 0.5) is 0 Å². The van der Waals surface area contributed by atoms with E-state index in [2.05, 4.69) is 25.2 Å². The van der Waals surface area contributed by atoms with Crippen molar-refractivity contribution in [3.8, 4) is 11.5 Å². The minimum Gasteiger partial charge on any atom is -0.493 e. The lowest BCUT2D eigenvalue weighted by molar-refractivity contribution is 0.347. The zero-order chi connectivity index (χ0) is 12.0. The van der Waals surface area contributed by atoms with Crippen molar-refractivity contribution in [1.82, 2.24) is 5.32 Å². The summed E-state index contributed by atoms with van der Waals surface area (Å²) in [7, 11) is 3.33. The standard InChI is InChI=1S/C13H21NO2/c1-5-9-14-10(2)11-7-6-8-12(15-3)13(11)16-4/h6-8,10,14H,5,9H2,1-4H3. The van der Waals surface area contributed by atoms with Crippen molar-refractivity contribution in [1.29, 1.82) is 0 Å². The van der Waals surface area contributed by atoms with Crippen LogP contribution in [0, 0.1) is 0 Å². The number of hydrogen-bond donors (Lipinski definition) is 1. The summed E-state index contributed by atoms with van der Waals surface area (Å²) in [5.41, 5.74) is 1.13. The van der Waals surface area contributed by atoms with Crippen LogP contribution in [-0.2, 0) is 0 Å². The summed E-state index contributed by atoms with van der Waals surface area (Å²) >= 11 is 0. The summed E-state index contributed by atoms with van der Waals surface area (Å²) in [4.78, 5) is 0. The van der Waals surface area contributed by atoms with E-state index in [1.807, 2.05) is 12.1 Å². The average Bonchev–Trinajstić information content (AvgIpc) is 2.34. The smallest absolute Gasteiger partial charge is 0.165 e. The first-order valence-corrected chi connectivity index (χ1v) is 5.68. The van der Waals surface area contributed by atoms with Crippen molar-refractivity contribution >= 4 is 0 Å². The van der Waals surface area contributed by atoms with Gasteiger partial charge in [-0.25, -0.2) is 0 Å².